The molecule has 0 spiro atoms. The molecular formula is C15H29N3. The summed E-state index contributed by atoms with van der Waals surface area (Å²) >= 11 is 0. The first-order valence-electron chi connectivity index (χ1n) is 8.11. The predicted octanol–water partition coefficient (Wildman–Crippen LogP) is 1.69. The van der Waals surface area contributed by atoms with Crippen LogP contribution in [0, 0.1) is 0 Å². The average Bonchev–Trinajstić information content (AvgIpc) is 3.13. The molecule has 3 fully saturated rings. The molecule has 1 saturated carbocycles. The SMILES string of the molecule is C1CCN(CCN(CC2CCCN2)C2CC2)CC1. The van der Waals surface area contributed by atoms with E-state index in [0.717, 1.165) is 12.1 Å². The van der Waals surface area contributed by atoms with Gasteiger partial charge in [0.05, 0.1) is 0 Å². The lowest BCUT2D eigenvalue weighted by Crippen LogP contribution is -2.43. The van der Waals surface area contributed by atoms with Crippen molar-refractivity contribution in [3.63, 3.8) is 0 Å². The Morgan fingerprint density at radius 2 is 1.83 bits per heavy atom. The van der Waals surface area contributed by atoms with Gasteiger partial charge in [0.1, 0.15) is 0 Å². The number of nitrogens with zero attached hydrogens (tertiary/aromatic N) is 2. The molecule has 3 aliphatic rings. The van der Waals surface area contributed by atoms with Gasteiger partial charge in [-0.05, 0) is 58.2 Å². The third-order valence-electron chi connectivity index (χ3n) is 4.83. The maximum atomic E-state index is 3.65. The summed E-state index contributed by atoms with van der Waals surface area (Å²) in [4.78, 5) is 5.46. The molecular weight excluding hydrogens is 222 g/mol. The summed E-state index contributed by atoms with van der Waals surface area (Å²) in [6.07, 6.45) is 9.98. The largest absolute Gasteiger partial charge is 0.313 e. The van der Waals surface area contributed by atoms with Gasteiger partial charge in [0.25, 0.3) is 0 Å². The zero-order valence-electron chi connectivity index (χ0n) is 11.7. The first-order chi connectivity index (χ1) is 8.92. The number of piperidine rings is 1. The Morgan fingerprint density at radius 3 is 2.50 bits per heavy atom. The van der Waals surface area contributed by atoms with Gasteiger partial charge < -0.3 is 10.2 Å². The van der Waals surface area contributed by atoms with E-state index in [2.05, 4.69) is 15.1 Å². The molecule has 0 amide bonds. The fourth-order valence-electron chi connectivity index (χ4n) is 3.51. The maximum absolute atomic E-state index is 3.65. The zero-order valence-corrected chi connectivity index (χ0v) is 11.7. The molecule has 3 heteroatoms. The van der Waals surface area contributed by atoms with E-state index in [1.54, 1.807) is 0 Å². The fraction of sp³-hybridized carbons (Fsp3) is 1.00. The zero-order chi connectivity index (χ0) is 12.2. The molecule has 1 aliphatic carbocycles. The van der Waals surface area contributed by atoms with Crippen molar-refractivity contribution in [3.05, 3.63) is 0 Å². The molecule has 2 saturated heterocycles. The fourth-order valence-corrected chi connectivity index (χ4v) is 3.51. The summed E-state index contributed by atoms with van der Waals surface area (Å²) < 4.78 is 0. The molecule has 1 atom stereocenters. The molecule has 3 rings (SSSR count). The maximum Gasteiger partial charge on any atom is 0.0195 e. The standard InChI is InChI=1S/C15H29N3/c1-2-9-17(10-3-1)11-12-18(15-6-7-15)13-14-5-4-8-16-14/h14-16H,1-13H2. The minimum absolute atomic E-state index is 0.784. The van der Waals surface area contributed by atoms with Crippen molar-refractivity contribution in [2.45, 2.75) is 57.0 Å². The van der Waals surface area contributed by atoms with Crippen LogP contribution in [0.2, 0.25) is 0 Å². The summed E-state index contributed by atoms with van der Waals surface area (Å²) in [5.41, 5.74) is 0. The van der Waals surface area contributed by atoms with Crippen LogP contribution in [-0.4, -0.2) is 61.2 Å². The normalized spacial score (nSPS) is 30.2. The van der Waals surface area contributed by atoms with Crippen LogP contribution in [0.5, 0.6) is 0 Å². The van der Waals surface area contributed by atoms with Crippen molar-refractivity contribution in [3.8, 4) is 0 Å². The van der Waals surface area contributed by atoms with Crippen LogP contribution in [0.3, 0.4) is 0 Å². The molecule has 18 heavy (non-hydrogen) atoms. The van der Waals surface area contributed by atoms with E-state index in [0.29, 0.717) is 0 Å². The summed E-state index contributed by atoms with van der Waals surface area (Å²) in [6.45, 7) is 7.86. The Morgan fingerprint density at radius 1 is 1.00 bits per heavy atom. The molecule has 2 heterocycles. The van der Waals surface area contributed by atoms with Gasteiger partial charge in [-0.25, -0.2) is 0 Å². The average molecular weight is 251 g/mol. The number of nitrogens with one attached hydrogen (secondary N) is 1. The highest BCUT2D eigenvalue weighted by molar-refractivity contribution is 4.89. The predicted molar refractivity (Wildman–Crippen MR) is 75.9 cm³/mol. The second-order valence-corrected chi connectivity index (χ2v) is 6.42. The van der Waals surface area contributed by atoms with Gasteiger partial charge in [0.15, 0.2) is 0 Å². The van der Waals surface area contributed by atoms with Gasteiger partial charge in [0, 0.05) is 31.7 Å². The Hall–Kier alpha value is -0.120. The molecule has 3 nitrogen and oxygen atoms in total. The number of likely N-dealkylation sites (tertiary alicyclic amines) is 1. The summed E-state index contributed by atoms with van der Waals surface area (Å²) in [7, 11) is 0. The molecule has 0 aromatic carbocycles. The first kappa shape index (κ1) is 12.9. The first-order valence-corrected chi connectivity index (χ1v) is 8.11. The van der Waals surface area contributed by atoms with Crippen molar-refractivity contribution >= 4 is 0 Å². The lowest BCUT2D eigenvalue weighted by molar-refractivity contribution is 0.169. The van der Waals surface area contributed by atoms with Crippen LogP contribution in [0.15, 0.2) is 0 Å². The van der Waals surface area contributed by atoms with Crippen LogP contribution in [-0.2, 0) is 0 Å². The van der Waals surface area contributed by atoms with Crippen molar-refractivity contribution in [1.82, 2.24) is 15.1 Å². The monoisotopic (exact) mass is 251 g/mol. The Kier molecular flexibility index (Phi) is 4.55. The Bertz CT molecular complexity index is 240. The highest BCUT2D eigenvalue weighted by atomic mass is 15.2. The van der Waals surface area contributed by atoms with Crippen LogP contribution in [0.4, 0.5) is 0 Å². The summed E-state index contributed by atoms with van der Waals surface area (Å²) in [5, 5.41) is 3.65. The minimum Gasteiger partial charge on any atom is -0.313 e. The van der Waals surface area contributed by atoms with E-state index >= 15 is 0 Å². The molecule has 104 valence electrons. The second kappa shape index (κ2) is 6.36. The van der Waals surface area contributed by atoms with E-state index in [1.165, 1.54) is 84.2 Å². The molecule has 2 aliphatic heterocycles. The van der Waals surface area contributed by atoms with E-state index in [4.69, 9.17) is 0 Å². The van der Waals surface area contributed by atoms with Crippen molar-refractivity contribution < 1.29 is 0 Å². The van der Waals surface area contributed by atoms with Gasteiger partial charge in [-0.3, -0.25) is 4.90 Å². The van der Waals surface area contributed by atoms with E-state index in [1.807, 2.05) is 0 Å². The third-order valence-corrected chi connectivity index (χ3v) is 4.83. The van der Waals surface area contributed by atoms with Crippen molar-refractivity contribution in [1.29, 1.82) is 0 Å². The molecule has 0 radical (unpaired) electrons. The quantitative estimate of drug-likeness (QED) is 0.775. The Balaban J connectivity index is 1.41. The summed E-state index contributed by atoms with van der Waals surface area (Å²) in [5.74, 6) is 0. The van der Waals surface area contributed by atoms with E-state index < -0.39 is 0 Å². The molecule has 0 aromatic rings. The van der Waals surface area contributed by atoms with Gasteiger partial charge in [0.2, 0.25) is 0 Å². The van der Waals surface area contributed by atoms with Crippen LogP contribution in [0.1, 0.15) is 44.9 Å². The number of hydrogen-bond acceptors (Lipinski definition) is 3. The molecule has 0 aromatic heterocycles. The van der Waals surface area contributed by atoms with E-state index in [-0.39, 0.29) is 0 Å². The van der Waals surface area contributed by atoms with Crippen molar-refractivity contribution in [2.24, 2.45) is 0 Å². The van der Waals surface area contributed by atoms with Gasteiger partial charge >= 0.3 is 0 Å². The minimum atomic E-state index is 0.784. The second-order valence-electron chi connectivity index (χ2n) is 6.42. The third kappa shape index (κ3) is 3.69. The van der Waals surface area contributed by atoms with Crippen LogP contribution in [0.25, 0.3) is 0 Å². The molecule has 1 unspecified atom stereocenters. The summed E-state index contributed by atoms with van der Waals surface area (Å²) in [6, 6.07) is 1.71. The van der Waals surface area contributed by atoms with Gasteiger partial charge in [-0.15, -0.1) is 0 Å². The van der Waals surface area contributed by atoms with Gasteiger partial charge in [-0.2, -0.15) is 0 Å². The lowest BCUT2D eigenvalue weighted by atomic mass is 10.1. The Labute approximate surface area is 112 Å². The van der Waals surface area contributed by atoms with Gasteiger partial charge in [-0.1, -0.05) is 6.42 Å². The highest BCUT2D eigenvalue weighted by Gasteiger charge is 2.31. The number of rotatable bonds is 6. The smallest absolute Gasteiger partial charge is 0.0195 e. The van der Waals surface area contributed by atoms with E-state index in [9.17, 15) is 0 Å². The van der Waals surface area contributed by atoms with Crippen LogP contribution >= 0.6 is 0 Å². The topological polar surface area (TPSA) is 18.5 Å². The van der Waals surface area contributed by atoms with Crippen molar-refractivity contribution in [2.75, 3.05) is 39.3 Å². The lowest BCUT2D eigenvalue weighted by Gasteiger charge is -2.31. The van der Waals surface area contributed by atoms with Crippen LogP contribution < -0.4 is 5.32 Å². The highest BCUT2D eigenvalue weighted by Crippen LogP contribution is 2.27. The number of hydrogen-bond donors (Lipinski definition) is 1. The molecule has 0 bridgehead atoms. The molecule has 1 N–H and O–H groups in total.